The number of thioether (sulfide) groups is 1. The van der Waals surface area contributed by atoms with E-state index in [0.717, 1.165) is 52.3 Å². The third-order valence-electron chi connectivity index (χ3n) is 8.53. The molecule has 0 spiro atoms. The second kappa shape index (κ2) is 19.3. The molecule has 0 radical (unpaired) electrons. The van der Waals surface area contributed by atoms with E-state index < -0.39 is 0 Å². The molecule has 2 unspecified atom stereocenters. The van der Waals surface area contributed by atoms with Crippen LogP contribution in [0.25, 0.3) is 23.4 Å². The molecule has 246 valence electrons. The fourth-order valence-corrected chi connectivity index (χ4v) is 6.56. The Morgan fingerprint density at radius 1 is 0.750 bits per heavy atom. The fourth-order valence-electron chi connectivity index (χ4n) is 5.71. The minimum atomic E-state index is 0.785. The average Bonchev–Trinajstić information content (AvgIpc) is 3.92. The van der Waals surface area contributed by atoms with Gasteiger partial charge >= 0.3 is 0 Å². The number of rotatable bonds is 12. The molecular weight excluding hydrogens is 599 g/mol. The van der Waals surface area contributed by atoms with Crippen LogP contribution in [0.4, 0.5) is 5.69 Å². The Morgan fingerprint density at radius 2 is 1.35 bits per heavy atom. The number of nitrogens with one attached hydrogen (secondary N) is 1. The fraction of sp³-hybridized carbons (Fsp3) is 0.217. The van der Waals surface area contributed by atoms with Gasteiger partial charge in [0.25, 0.3) is 0 Å². The summed E-state index contributed by atoms with van der Waals surface area (Å²) in [4.78, 5) is 1.37. The Labute approximate surface area is 293 Å². The second-order valence-electron chi connectivity index (χ2n) is 11.8. The molecule has 1 nitrogen and oxygen atoms in total. The van der Waals surface area contributed by atoms with Crippen molar-refractivity contribution in [2.45, 2.75) is 57.3 Å². The van der Waals surface area contributed by atoms with E-state index in [9.17, 15) is 0 Å². The molecule has 1 N–H and O–H groups in total. The molecule has 1 saturated carbocycles. The molecule has 1 aliphatic carbocycles. The first-order valence-electron chi connectivity index (χ1n) is 17.3. The van der Waals surface area contributed by atoms with Crippen molar-refractivity contribution in [1.82, 2.24) is 0 Å². The Kier molecular flexibility index (Phi) is 14.6. The number of benzene rings is 5. The van der Waals surface area contributed by atoms with Gasteiger partial charge in [-0.1, -0.05) is 143 Å². The minimum Gasteiger partial charge on any atom is -0.355 e. The Balaban J connectivity index is 0.000000209. The maximum atomic E-state index is 4.09. The summed E-state index contributed by atoms with van der Waals surface area (Å²) in [6.45, 7) is 18.0. The molecule has 6 rings (SSSR count). The number of anilines is 1. The molecule has 2 atom stereocenters. The Morgan fingerprint density at radius 3 is 1.96 bits per heavy atom. The zero-order valence-corrected chi connectivity index (χ0v) is 29.8. The number of allylic oxidation sites excluding steroid dienone is 1. The normalized spacial score (nSPS) is 15.1. The van der Waals surface area contributed by atoms with Crippen LogP contribution in [0.1, 0.15) is 56.2 Å². The third-order valence-corrected chi connectivity index (χ3v) is 9.58. The highest BCUT2D eigenvalue weighted by Gasteiger charge is 2.37. The summed E-state index contributed by atoms with van der Waals surface area (Å²) in [6.07, 6.45) is 8.53. The zero-order valence-electron chi connectivity index (χ0n) is 29.0. The topological polar surface area (TPSA) is 12.0 Å². The zero-order chi connectivity index (χ0) is 34.1. The maximum absolute atomic E-state index is 4.09. The Bertz CT molecular complexity index is 1800. The van der Waals surface area contributed by atoms with E-state index in [1.54, 1.807) is 0 Å². The highest BCUT2D eigenvalue weighted by Crippen LogP contribution is 2.49. The van der Waals surface area contributed by atoms with Gasteiger partial charge in [0.15, 0.2) is 0 Å². The van der Waals surface area contributed by atoms with Crippen LogP contribution in [-0.2, 0) is 12.8 Å². The quantitative estimate of drug-likeness (QED) is 0.0820. The third kappa shape index (κ3) is 10.8. The molecule has 0 amide bonds. The van der Waals surface area contributed by atoms with Gasteiger partial charge in [-0.15, -0.1) is 18.3 Å². The molecule has 0 heterocycles. The first-order chi connectivity index (χ1) is 23.6. The van der Waals surface area contributed by atoms with Crippen molar-refractivity contribution in [3.8, 4) is 11.1 Å². The van der Waals surface area contributed by atoms with E-state index in [0.29, 0.717) is 0 Å². The highest BCUT2D eigenvalue weighted by molar-refractivity contribution is 7.99. The summed E-state index contributed by atoms with van der Waals surface area (Å²) < 4.78 is 0. The van der Waals surface area contributed by atoms with Crippen LogP contribution in [0.5, 0.6) is 0 Å². The van der Waals surface area contributed by atoms with Crippen LogP contribution in [-0.4, -0.2) is 5.75 Å². The summed E-state index contributed by atoms with van der Waals surface area (Å²) >= 11 is 1.91. The van der Waals surface area contributed by atoms with Gasteiger partial charge in [-0.25, -0.2) is 0 Å². The molecule has 0 bridgehead atoms. The van der Waals surface area contributed by atoms with E-state index in [4.69, 9.17) is 0 Å². The predicted octanol–water partition coefficient (Wildman–Crippen LogP) is 11.5. The van der Waals surface area contributed by atoms with Crippen LogP contribution in [0.3, 0.4) is 0 Å². The molecule has 2 heteroatoms. The molecule has 48 heavy (non-hydrogen) atoms. The van der Waals surface area contributed by atoms with E-state index >= 15 is 0 Å². The largest absolute Gasteiger partial charge is 0.355 e. The van der Waals surface area contributed by atoms with Crippen LogP contribution in [0.15, 0.2) is 158 Å². The van der Waals surface area contributed by atoms with Crippen molar-refractivity contribution in [2.75, 3.05) is 11.1 Å². The molecule has 0 aromatic heterocycles. The Hall–Kier alpha value is -4.53. The molecular formula is C46H51NS. The lowest BCUT2D eigenvalue weighted by Crippen LogP contribution is -2.26. The molecule has 5 aromatic carbocycles. The van der Waals surface area contributed by atoms with E-state index in [1.165, 1.54) is 45.6 Å². The first kappa shape index (κ1) is 36.3. The second-order valence-corrected chi connectivity index (χ2v) is 13.0. The van der Waals surface area contributed by atoms with Crippen molar-refractivity contribution in [3.63, 3.8) is 0 Å². The number of hydrogen-bond acceptors (Lipinski definition) is 2. The molecule has 5 aromatic rings. The van der Waals surface area contributed by atoms with Crippen LogP contribution in [0, 0.1) is 5.92 Å². The molecule has 1 fully saturated rings. The lowest BCUT2D eigenvalue weighted by atomic mass is 10.0. The molecule has 1 aliphatic rings. The monoisotopic (exact) mass is 649 g/mol. The van der Waals surface area contributed by atoms with Gasteiger partial charge in [0.05, 0.1) is 0 Å². The van der Waals surface area contributed by atoms with Crippen LogP contribution >= 0.6 is 11.8 Å². The summed E-state index contributed by atoms with van der Waals surface area (Å²) in [5.41, 5.74) is 8.80. The van der Waals surface area contributed by atoms with Gasteiger partial charge in [0.1, 0.15) is 0 Å². The van der Waals surface area contributed by atoms with Crippen LogP contribution < -0.4 is 15.8 Å². The number of hydrogen-bond donors (Lipinski definition) is 1. The van der Waals surface area contributed by atoms with Gasteiger partial charge in [0, 0.05) is 27.3 Å². The van der Waals surface area contributed by atoms with Gasteiger partial charge in [0.2, 0.25) is 0 Å². The van der Waals surface area contributed by atoms with Gasteiger partial charge in [-0.3, -0.25) is 0 Å². The average molecular weight is 650 g/mol. The smallest absolute Gasteiger partial charge is 0.0457 e. The van der Waals surface area contributed by atoms with Gasteiger partial charge in [-0.05, 0) is 101 Å². The predicted molar refractivity (Wildman–Crippen MR) is 214 cm³/mol. The molecule has 0 aliphatic heterocycles. The van der Waals surface area contributed by atoms with Crippen molar-refractivity contribution < 1.29 is 0 Å². The van der Waals surface area contributed by atoms with Crippen molar-refractivity contribution in [1.29, 1.82) is 0 Å². The lowest BCUT2D eigenvalue weighted by Gasteiger charge is -2.09. The SMILES string of the molecule is C=C/C(Nc1ccc(-c2ccc(CC)cc2)cc1)=c1/ccccc1=C.C=CCCSc1ccc(CC2CC2c2ccccc2)cc1.CC. The standard InChI is InChI=1S/C24H23N.C20H22S.C2H6/c1-4-19-10-12-20(13-11-19)21-14-16-22(17-15-21)25-24(5-2)23-9-7-6-8-18(23)3;1-2-3-13-21-19-11-9-16(10-12-19)14-18-15-20(18)17-7-5-4-6-8-17;1-2/h5-17,25H,2-4H2,1H3;2,4-12,18,20H,1,3,13-15H2;1-2H3/b24-23+;;. The van der Waals surface area contributed by atoms with Crippen LogP contribution in [0.2, 0.25) is 0 Å². The van der Waals surface area contributed by atoms with Gasteiger partial charge < -0.3 is 5.32 Å². The number of aryl methyl sites for hydroxylation is 1. The minimum absolute atomic E-state index is 0.785. The summed E-state index contributed by atoms with van der Waals surface area (Å²) in [7, 11) is 0. The summed E-state index contributed by atoms with van der Waals surface area (Å²) in [5, 5.41) is 5.49. The van der Waals surface area contributed by atoms with Gasteiger partial charge in [-0.2, -0.15) is 0 Å². The van der Waals surface area contributed by atoms with Crippen molar-refractivity contribution >= 4 is 29.7 Å². The van der Waals surface area contributed by atoms with E-state index in [2.05, 4.69) is 141 Å². The maximum Gasteiger partial charge on any atom is 0.0457 e. The van der Waals surface area contributed by atoms with Crippen molar-refractivity contribution in [3.05, 3.63) is 180 Å². The first-order valence-corrected chi connectivity index (χ1v) is 18.3. The summed E-state index contributed by atoms with van der Waals surface area (Å²) in [5.74, 6) is 2.75. The summed E-state index contributed by atoms with van der Waals surface area (Å²) in [6, 6.07) is 45.4. The lowest BCUT2D eigenvalue weighted by molar-refractivity contribution is 0.794. The highest BCUT2D eigenvalue weighted by atomic mass is 32.2. The van der Waals surface area contributed by atoms with E-state index in [-0.39, 0.29) is 0 Å². The molecule has 0 saturated heterocycles. The van der Waals surface area contributed by atoms with Crippen molar-refractivity contribution in [2.24, 2.45) is 5.92 Å². The van der Waals surface area contributed by atoms with E-state index in [1.807, 2.05) is 56.0 Å².